The number of methoxy groups -OCH3 is 1. The number of hydrogen-bond donors (Lipinski definition) is 2. The Bertz CT molecular complexity index is 1200. The highest BCUT2D eigenvalue weighted by Crippen LogP contribution is 2.27. The summed E-state index contributed by atoms with van der Waals surface area (Å²) in [6, 6.07) is 19.6. The molecule has 2 atom stereocenters. The number of sulfonamides is 1. The van der Waals surface area contributed by atoms with E-state index in [-0.39, 0.29) is 22.4 Å². The smallest absolute Gasteiger partial charge is 0.241 e. The summed E-state index contributed by atoms with van der Waals surface area (Å²) in [5, 5.41) is 3.07. The molecule has 0 saturated heterocycles. The Hall–Kier alpha value is -2.39. The highest BCUT2D eigenvalue weighted by atomic mass is 79.9. The lowest BCUT2D eigenvalue weighted by molar-refractivity contribution is -0.123. The number of amides is 1. The quantitative estimate of drug-likeness (QED) is 0.397. The van der Waals surface area contributed by atoms with Gasteiger partial charge in [-0.15, -0.1) is 0 Å². The Kier molecular flexibility index (Phi) is 8.53. The molecule has 174 valence electrons. The Balaban J connectivity index is 1.84. The fourth-order valence-corrected chi connectivity index (χ4v) is 5.06. The zero-order valence-electron chi connectivity index (χ0n) is 18.1. The van der Waals surface area contributed by atoms with Crippen LogP contribution >= 0.6 is 27.5 Å². The molecule has 3 aromatic carbocycles. The van der Waals surface area contributed by atoms with Gasteiger partial charge in [0.2, 0.25) is 15.9 Å². The molecule has 0 radical (unpaired) electrons. The fourth-order valence-electron chi connectivity index (χ4n) is 3.26. The van der Waals surface area contributed by atoms with Gasteiger partial charge in [-0.3, -0.25) is 4.79 Å². The zero-order chi connectivity index (χ0) is 24.0. The third-order valence-corrected chi connectivity index (χ3v) is 7.35. The van der Waals surface area contributed by atoms with Crippen molar-refractivity contribution in [2.75, 3.05) is 7.11 Å². The van der Waals surface area contributed by atoms with Gasteiger partial charge < -0.3 is 10.1 Å². The maximum Gasteiger partial charge on any atom is 0.241 e. The first-order valence-electron chi connectivity index (χ1n) is 10.1. The first kappa shape index (κ1) is 25.2. The van der Waals surface area contributed by atoms with E-state index in [1.54, 1.807) is 0 Å². The standard InChI is InChI=1S/C24H24BrClN2O4S/c1-16(18-8-10-19(25)11-9-18)27-24(29)22(14-17-6-4-3-5-7-17)28-33(30,31)20-12-13-23(32-2)21(26)15-20/h3-13,15-16,22,28H,14H2,1-2H3,(H,27,29). The highest BCUT2D eigenvalue weighted by Gasteiger charge is 2.27. The van der Waals surface area contributed by atoms with Gasteiger partial charge in [-0.1, -0.05) is 70.0 Å². The Morgan fingerprint density at radius 3 is 2.33 bits per heavy atom. The number of benzene rings is 3. The van der Waals surface area contributed by atoms with Crippen molar-refractivity contribution in [3.63, 3.8) is 0 Å². The van der Waals surface area contributed by atoms with E-state index >= 15 is 0 Å². The van der Waals surface area contributed by atoms with E-state index in [9.17, 15) is 13.2 Å². The van der Waals surface area contributed by atoms with Gasteiger partial charge in [0.1, 0.15) is 11.8 Å². The van der Waals surface area contributed by atoms with Crippen molar-refractivity contribution < 1.29 is 17.9 Å². The molecule has 6 nitrogen and oxygen atoms in total. The van der Waals surface area contributed by atoms with Crippen LogP contribution in [0.3, 0.4) is 0 Å². The number of ether oxygens (including phenoxy) is 1. The molecule has 2 N–H and O–H groups in total. The van der Waals surface area contributed by atoms with Crippen LogP contribution in [0.2, 0.25) is 5.02 Å². The van der Waals surface area contributed by atoms with Crippen LogP contribution in [0.5, 0.6) is 5.75 Å². The molecule has 0 fully saturated rings. The lowest BCUT2D eigenvalue weighted by Gasteiger charge is -2.22. The molecule has 0 aliphatic heterocycles. The molecular formula is C24H24BrClN2O4S. The molecule has 3 rings (SSSR count). The number of nitrogens with one attached hydrogen (secondary N) is 2. The number of hydrogen-bond acceptors (Lipinski definition) is 4. The van der Waals surface area contributed by atoms with E-state index in [1.165, 1.54) is 25.3 Å². The maximum absolute atomic E-state index is 13.2. The van der Waals surface area contributed by atoms with Crippen LogP contribution in [0.15, 0.2) is 82.2 Å². The van der Waals surface area contributed by atoms with E-state index in [0.29, 0.717) is 5.75 Å². The molecule has 0 aliphatic rings. The largest absolute Gasteiger partial charge is 0.495 e. The van der Waals surface area contributed by atoms with Crippen molar-refractivity contribution in [1.29, 1.82) is 0 Å². The van der Waals surface area contributed by atoms with E-state index in [4.69, 9.17) is 16.3 Å². The molecule has 0 aliphatic carbocycles. The van der Waals surface area contributed by atoms with Crippen molar-refractivity contribution in [2.45, 2.75) is 30.3 Å². The topological polar surface area (TPSA) is 84.5 Å². The molecule has 0 heterocycles. The second kappa shape index (κ2) is 11.2. The monoisotopic (exact) mass is 550 g/mol. The Labute approximate surface area is 207 Å². The van der Waals surface area contributed by atoms with Gasteiger partial charge >= 0.3 is 0 Å². The molecule has 2 unspecified atom stereocenters. The van der Waals surface area contributed by atoms with Crippen molar-refractivity contribution in [3.05, 3.63) is 93.4 Å². The van der Waals surface area contributed by atoms with Crippen LogP contribution in [0, 0.1) is 0 Å². The normalized spacial score (nSPS) is 13.2. The number of carbonyl (C=O) groups excluding carboxylic acids is 1. The van der Waals surface area contributed by atoms with Gasteiger partial charge in [-0.25, -0.2) is 8.42 Å². The maximum atomic E-state index is 13.2. The van der Waals surface area contributed by atoms with Gasteiger partial charge in [0.15, 0.2) is 0 Å². The molecular weight excluding hydrogens is 528 g/mol. The summed E-state index contributed by atoms with van der Waals surface area (Å²) in [6.45, 7) is 1.85. The predicted octanol–water partition coefficient (Wildman–Crippen LogP) is 4.88. The first-order chi connectivity index (χ1) is 15.7. The summed E-state index contributed by atoms with van der Waals surface area (Å²) in [6.07, 6.45) is 0.183. The van der Waals surface area contributed by atoms with Crippen LogP contribution < -0.4 is 14.8 Å². The third-order valence-electron chi connectivity index (χ3n) is 5.06. The minimum atomic E-state index is -4.04. The molecule has 0 saturated carbocycles. The van der Waals surface area contributed by atoms with Crippen molar-refractivity contribution in [2.24, 2.45) is 0 Å². The fraction of sp³-hybridized carbons (Fsp3) is 0.208. The van der Waals surface area contributed by atoms with E-state index in [2.05, 4.69) is 26.0 Å². The lowest BCUT2D eigenvalue weighted by atomic mass is 10.0. The number of halogens is 2. The van der Waals surface area contributed by atoms with E-state index in [1.807, 2.05) is 61.5 Å². The van der Waals surface area contributed by atoms with Crippen molar-refractivity contribution >= 4 is 43.5 Å². The van der Waals surface area contributed by atoms with Gasteiger partial charge in [0, 0.05) is 4.47 Å². The highest BCUT2D eigenvalue weighted by molar-refractivity contribution is 9.10. The van der Waals surface area contributed by atoms with Crippen LogP contribution in [0.25, 0.3) is 0 Å². The SMILES string of the molecule is COc1ccc(S(=O)(=O)NC(Cc2ccccc2)C(=O)NC(C)c2ccc(Br)cc2)cc1Cl. The summed E-state index contributed by atoms with van der Waals surface area (Å²) >= 11 is 9.51. The molecule has 0 aromatic heterocycles. The number of carbonyl (C=O) groups is 1. The van der Waals surface area contributed by atoms with Gasteiger partial charge in [0.25, 0.3) is 0 Å². The molecule has 3 aromatic rings. The van der Waals surface area contributed by atoms with Crippen LogP contribution in [-0.2, 0) is 21.2 Å². The van der Waals surface area contributed by atoms with Gasteiger partial charge in [-0.05, 0) is 54.8 Å². The lowest BCUT2D eigenvalue weighted by Crippen LogP contribution is -2.48. The summed E-state index contributed by atoms with van der Waals surface area (Å²) in [7, 11) is -2.59. The summed E-state index contributed by atoms with van der Waals surface area (Å²) in [5.41, 5.74) is 1.72. The van der Waals surface area contributed by atoms with Crippen LogP contribution in [0.1, 0.15) is 24.1 Å². The first-order valence-corrected chi connectivity index (χ1v) is 12.8. The second-order valence-corrected chi connectivity index (χ2v) is 10.5. The summed E-state index contributed by atoms with van der Waals surface area (Å²) < 4.78 is 34.7. The minimum Gasteiger partial charge on any atom is -0.495 e. The Morgan fingerprint density at radius 2 is 1.73 bits per heavy atom. The third kappa shape index (κ3) is 6.80. The van der Waals surface area contributed by atoms with Gasteiger partial charge in [0.05, 0.1) is 23.1 Å². The van der Waals surface area contributed by atoms with Crippen molar-refractivity contribution in [3.8, 4) is 5.75 Å². The molecule has 0 spiro atoms. The van der Waals surface area contributed by atoms with Crippen LogP contribution in [0.4, 0.5) is 0 Å². The van der Waals surface area contributed by atoms with E-state index < -0.39 is 22.0 Å². The molecule has 1 amide bonds. The van der Waals surface area contributed by atoms with Crippen LogP contribution in [-0.4, -0.2) is 27.5 Å². The Morgan fingerprint density at radius 1 is 1.06 bits per heavy atom. The molecule has 33 heavy (non-hydrogen) atoms. The zero-order valence-corrected chi connectivity index (χ0v) is 21.2. The summed E-state index contributed by atoms with van der Waals surface area (Å²) in [5.74, 6) is -0.0741. The second-order valence-electron chi connectivity index (χ2n) is 7.44. The van der Waals surface area contributed by atoms with Gasteiger partial charge in [-0.2, -0.15) is 4.72 Å². The van der Waals surface area contributed by atoms with Crippen molar-refractivity contribution in [1.82, 2.24) is 10.0 Å². The molecule has 0 bridgehead atoms. The van der Waals surface area contributed by atoms with E-state index in [0.717, 1.165) is 15.6 Å². The number of rotatable bonds is 9. The average molecular weight is 552 g/mol. The molecule has 9 heteroatoms. The predicted molar refractivity (Wildman–Crippen MR) is 133 cm³/mol. The minimum absolute atomic E-state index is 0.0554. The average Bonchev–Trinajstić information content (AvgIpc) is 2.79. The summed E-state index contributed by atoms with van der Waals surface area (Å²) in [4.78, 5) is 13.1.